The van der Waals surface area contributed by atoms with Crippen molar-refractivity contribution in [2.75, 3.05) is 26.2 Å². The predicted octanol–water partition coefficient (Wildman–Crippen LogP) is 2.44. The molecule has 0 spiro atoms. The van der Waals surface area contributed by atoms with Gasteiger partial charge in [0.15, 0.2) is 11.6 Å². The van der Waals surface area contributed by atoms with Gasteiger partial charge in [0.25, 0.3) is 0 Å². The molecule has 2 rings (SSSR count). The third-order valence-corrected chi connectivity index (χ3v) is 3.82. The van der Waals surface area contributed by atoms with Crippen LogP contribution in [-0.2, 0) is 6.42 Å². The standard InChI is InChI=1S/C15H22F2N2/c1-11(2)15(19-7-5-18-6-8-19)10-12-3-4-13(16)14(17)9-12/h3-4,9,11,15,18H,5-8,10H2,1-2H3. The van der Waals surface area contributed by atoms with E-state index in [0.717, 1.165) is 38.2 Å². The molecule has 1 saturated heterocycles. The summed E-state index contributed by atoms with van der Waals surface area (Å²) in [5, 5.41) is 3.34. The zero-order chi connectivity index (χ0) is 13.8. The molecule has 106 valence electrons. The summed E-state index contributed by atoms with van der Waals surface area (Å²) < 4.78 is 26.2. The molecular weight excluding hydrogens is 246 g/mol. The van der Waals surface area contributed by atoms with E-state index in [1.165, 1.54) is 12.1 Å². The highest BCUT2D eigenvalue weighted by Crippen LogP contribution is 2.18. The molecule has 0 saturated carbocycles. The van der Waals surface area contributed by atoms with E-state index < -0.39 is 11.6 Å². The van der Waals surface area contributed by atoms with Gasteiger partial charge in [-0.15, -0.1) is 0 Å². The van der Waals surface area contributed by atoms with Crippen LogP contribution in [0.4, 0.5) is 8.78 Å². The summed E-state index contributed by atoms with van der Waals surface area (Å²) in [6.45, 7) is 8.42. The van der Waals surface area contributed by atoms with Crippen LogP contribution < -0.4 is 5.32 Å². The van der Waals surface area contributed by atoms with Crippen LogP contribution in [0.2, 0.25) is 0 Å². The lowest BCUT2D eigenvalue weighted by Crippen LogP contribution is -2.50. The second-order valence-electron chi connectivity index (χ2n) is 5.55. The molecule has 19 heavy (non-hydrogen) atoms. The summed E-state index contributed by atoms with van der Waals surface area (Å²) in [7, 11) is 0. The van der Waals surface area contributed by atoms with Gasteiger partial charge in [-0.3, -0.25) is 4.90 Å². The van der Waals surface area contributed by atoms with Crippen molar-refractivity contribution in [3.63, 3.8) is 0 Å². The van der Waals surface area contributed by atoms with Gasteiger partial charge in [0.05, 0.1) is 0 Å². The van der Waals surface area contributed by atoms with Crippen LogP contribution in [0.1, 0.15) is 19.4 Å². The summed E-state index contributed by atoms with van der Waals surface area (Å²) in [5.74, 6) is -1.03. The van der Waals surface area contributed by atoms with Gasteiger partial charge >= 0.3 is 0 Å². The molecule has 2 nitrogen and oxygen atoms in total. The van der Waals surface area contributed by atoms with Crippen LogP contribution in [0.3, 0.4) is 0 Å². The topological polar surface area (TPSA) is 15.3 Å². The first-order valence-corrected chi connectivity index (χ1v) is 6.96. The fourth-order valence-corrected chi connectivity index (χ4v) is 2.71. The molecule has 1 heterocycles. The van der Waals surface area contributed by atoms with Crippen molar-refractivity contribution < 1.29 is 8.78 Å². The molecule has 1 atom stereocenters. The van der Waals surface area contributed by atoms with Crippen molar-refractivity contribution in [2.24, 2.45) is 5.92 Å². The highest BCUT2D eigenvalue weighted by molar-refractivity contribution is 5.19. The van der Waals surface area contributed by atoms with Gasteiger partial charge in [0, 0.05) is 32.2 Å². The van der Waals surface area contributed by atoms with Crippen molar-refractivity contribution in [2.45, 2.75) is 26.3 Å². The van der Waals surface area contributed by atoms with Crippen LogP contribution >= 0.6 is 0 Å². The minimum atomic E-state index is -0.771. The molecule has 1 N–H and O–H groups in total. The van der Waals surface area contributed by atoms with Crippen molar-refractivity contribution in [3.05, 3.63) is 35.4 Å². The van der Waals surface area contributed by atoms with Crippen molar-refractivity contribution in [1.82, 2.24) is 10.2 Å². The third kappa shape index (κ3) is 3.74. The molecular formula is C15H22F2N2. The van der Waals surface area contributed by atoms with Crippen LogP contribution in [0, 0.1) is 17.6 Å². The minimum absolute atomic E-state index is 0.381. The van der Waals surface area contributed by atoms with E-state index in [-0.39, 0.29) is 0 Å². The monoisotopic (exact) mass is 268 g/mol. The van der Waals surface area contributed by atoms with Gasteiger partial charge in [-0.1, -0.05) is 19.9 Å². The molecule has 0 aliphatic carbocycles. The van der Waals surface area contributed by atoms with Gasteiger partial charge < -0.3 is 5.32 Å². The molecule has 0 radical (unpaired) electrons. The average Bonchev–Trinajstić information content (AvgIpc) is 2.40. The summed E-state index contributed by atoms with van der Waals surface area (Å²) >= 11 is 0. The largest absolute Gasteiger partial charge is 0.314 e. The number of nitrogens with zero attached hydrogens (tertiary/aromatic N) is 1. The highest BCUT2D eigenvalue weighted by atomic mass is 19.2. The smallest absolute Gasteiger partial charge is 0.159 e. The average molecular weight is 268 g/mol. The zero-order valence-corrected chi connectivity index (χ0v) is 11.6. The Morgan fingerprint density at radius 1 is 1.16 bits per heavy atom. The van der Waals surface area contributed by atoms with E-state index in [4.69, 9.17) is 0 Å². The van der Waals surface area contributed by atoms with Crippen molar-refractivity contribution in [3.8, 4) is 0 Å². The van der Waals surface area contributed by atoms with Crippen LogP contribution in [0.5, 0.6) is 0 Å². The minimum Gasteiger partial charge on any atom is -0.314 e. The van der Waals surface area contributed by atoms with Crippen molar-refractivity contribution in [1.29, 1.82) is 0 Å². The number of hydrogen-bond donors (Lipinski definition) is 1. The Labute approximate surface area is 113 Å². The second-order valence-corrected chi connectivity index (χ2v) is 5.55. The summed E-state index contributed by atoms with van der Waals surface area (Å²) in [4.78, 5) is 2.45. The fraction of sp³-hybridized carbons (Fsp3) is 0.600. The molecule has 1 aliphatic heterocycles. The van der Waals surface area contributed by atoms with Gasteiger partial charge in [-0.05, 0) is 30.0 Å². The van der Waals surface area contributed by atoms with E-state index >= 15 is 0 Å². The van der Waals surface area contributed by atoms with Gasteiger partial charge in [-0.25, -0.2) is 8.78 Å². The number of halogens is 2. The van der Waals surface area contributed by atoms with E-state index in [9.17, 15) is 8.78 Å². The Morgan fingerprint density at radius 2 is 1.84 bits per heavy atom. The Morgan fingerprint density at radius 3 is 2.42 bits per heavy atom. The molecule has 0 amide bonds. The Balaban J connectivity index is 2.09. The number of piperazine rings is 1. The van der Waals surface area contributed by atoms with Crippen LogP contribution in [0.15, 0.2) is 18.2 Å². The number of hydrogen-bond acceptors (Lipinski definition) is 2. The molecule has 0 aromatic heterocycles. The first-order valence-electron chi connectivity index (χ1n) is 6.96. The van der Waals surface area contributed by atoms with E-state index in [1.807, 2.05) is 0 Å². The van der Waals surface area contributed by atoms with E-state index in [2.05, 4.69) is 24.1 Å². The van der Waals surface area contributed by atoms with Crippen LogP contribution in [-0.4, -0.2) is 37.1 Å². The Kier molecular flexibility index (Phi) is 4.88. The summed E-state index contributed by atoms with van der Waals surface area (Å²) in [6.07, 6.45) is 0.773. The van der Waals surface area contributed by atoms with Crippen LogP contribution in [0.25, 0.3) is 0 Å². The first kappa shape index (κ1) is 14.4. The maximum Gasteiger partial charge on any atom is 0.159 e. The van der Waals surface area contributed by atoms with Crippen molar-refractivity contribution >= 4 is 0 Å². The molecule has 1 aliphatic rings. The first-order chi connectivity index (χ1) is 9.08. The molecule has 1 aromatic carbocycles. The van der Waals surface area contributed by atoms with E-state index in [1.54, 1.807) is 6.07 Å². The quantitative estimate of drug-likeness (QED) is 0.902. The number of nitrogens with one attached hydrogen (secondary N) is 1. The lowest BCUT2D eigenvalue weighted by atomic mass is 9.94. The molecule has 1 aromatic rings. The summed E-state index contributed by atoms with van der Waals surface area (Å²) in [6, 6.07) is 4.62. The lowest BCUT2D eigenvalue weighted by molar-refractivity contribution is 0.136. The van der Waals surface area contributed by atoms with Gasteiger partial charge in [-0.2, -0.15) is 0 Å². The number of benzene rings is 1. The molecule has 1 fully saturated rings. The molecule has 1 unspecified atom stereocenters. The Bertz CT molecular complexity index is 415. The maximum atomic E-state index is 13.3. The number of rotatable bonds is 4. The highest BCUT2D eigenvalue weighted by Gasteiger charge is 2.23. The SMILES string of the molecule is CC(C)C(Cc1ccc(F)c(F)c1)N1CCNCC1. The zero-order valence-electron chi connectivity index (χ0n) is 11.6. The van der Waals surface area contributed by atoms with E-state index in [0.29, 0.717) is 12.0 Å². The second kappa shape index (κ2) is 6.44. The normalized spacial score (nSPS) is 18.8. The molecule has 4 heteroatoms. The maximum absolute atomic E-state index is 13.3. The molecule has 0 bridgehead atoms. The van der Waals surface area contributed by atoms with Gasteiger partial charge in [0.1, 0.15) is 0 Å². The third-order valence-electron chi connectivity index (χ3n) is 3.82. The fourth-order valence-electron chi connectivity index (χ4n) is 2.71. The van der Waals surface area contributed by atoms with Gasteiger partial charge in [0.2, 0.25) is 0 Å². The lowest BCUT2D eigenvalue weighted by Gasteiger charge is -2.37. The Hall–Kier alpha value is -1.00. The predicted molar refractivity (Wildman–Crippen MR) is 73.1 cm³/mol. The summed E-state index contributed by atoms with van der Waals surface area (Å²) in [5.41, 5.74) is 0.871.